The van der Waals surface area contributed by atoms with Crippen molar-refractivity contribution in [1.29, 1.82) is 0 Å². The second-order valence-electron chi connectivity index (χ2n) is 5.33. The number of fused-ring (bicyclic) bond motifs is 3. The first-order valence-electron chi connectivity index (χ1n) is 6.61. The number of aromatic nitrogens is 1. The average Bonchev–Trinajstić information content (AvgIpc) is 2.68. The minimum Gasteiger partial charge on any atom is -0.357 e. The Morgan fingerprint density at radius 2 is 2.12 bits per heavy atom. The summed E-state index contributed by atoms with van der Waals surface area (Å²) in [6.07, 6.45) is 3.76. The number of hydrogen-bond acceptors (Lipinski definition) is 1. The maximum absolute atomic E-state index is 3.67. The lowest BCUT2D eigenvalue weighted by Crippen LogP contribution is -2.30. The van der Waals surface area contributed by atoms with Crippen molar-refractivity contribution in [2.24, 2.45) is 0 Å². The van der Waals surface area contributed by atoms with Crippen LogP contribution >= 0.6 is 0 Å². The number of para-hydroxylation sites is 1. The third-order valence-electron chi connectivity index (χ3n) is 3.65. The van der Waals surface area contributed by atoms with Gasteiger partial charge in [0.25, 0.3) is 0 Å². The fourth-order valence-corrected chi connectivity index (χ4v) is 2.98. The summed E-state index contributed by atoms with van der Waals surface area (Å²) in [5.74, 6) is 0. The number of nitrogens with one attached hydrogen (secondary N) is 2. The molecule has 2 aromatic rings. The Morgan fingerprint density at radius 1 is 1.29 bits per heavy atom. The summed E-state index contributed by atoms with van der Waals surface area (Å²) in [5, 5.41) is 5.08. The highest BCUT2D eigenvalue weighted by molar-refractivity contribution is 5.85. The molecule has 1 aromatic carbocycles. The van der Waals surface area contributed by atoms with Crippen LogP contribution in [0, 0.1) is 0 Å². The molecule has 0 radical (unpaired) electrons. The van der Waals surface area contributed by atoms with Gasteiger partial charge in [-0.2, -0.15) is 0 Å². The molecule has 3 rings (SSSR count). The van der Waals surface area contributed by atoms with Crippen LogP contribution in [-0.2, 0) is 6.42 Å². The lowest BCUT2D eigenvalue weighted by Gasteiger charge is -2.25. The van der Waals surface area contributed by atoms with Gasteiger partial charge in [-0.05, 0) is 30.9 Å². The number of rotatable bonds is 2. The normalized spacial score (nSPS) is 19.8. The van der Waals surface area contributed by atoms with Crippen LogP contribution in [0.4, 0.5) is 0 Å². The Balaban J connectivity index is 2.07. The van der Waals surface area contributed by atoms with E-state index in [0.29, 0.717) is 12.1 Å². The van der Waals surface area contributed by atoms with E-state index in [0.717, 1.165) is 0 Å². The third-order valence-corrected chi connectivity index (χ3v) is 3.65. The van der Waals surface area contributed by atoms with Gasteiger partial charge in [0.05, 0.1) is 0 Å². The summed E-state index contributed by atoms with van der Waals surface area (Å²) in [7, 11) is 0. The second-order valence-corrected chi connectivity index (χ2v) is 5.33. The van der Waals surface area contributed by atoms with Crippen LogP contribution in [0.25, 0.3) is 10.9 Å². The van der Waals surface area contributed by atoms with Crippen LogP contribution in [0.15, 0.2) is 24.3 Å². The van der Waals surface area contributed by atoms with Gasteiger partial charge in [-0.15, -0.1) is 0 Å². The van der Waals surface area contributed by atoms with Crippen LogP contribution in [0.1, 0.15) is 44.0 Å². The van der Waals surface area contributed by atoms with E-state index in [2.05, 4.69) is 48.4 Å². The molecule has 0 spiro atoms. The first kappa shape index (κ1) is 10.8. The number of aryl methyl sites for hydroxylation is 1. The van der Waals surface area contributed by atoms with Crippen molar-refractivity contribution in [2.75, 3.05) is 0 Å². The van der Waals surface area contributed by atoms with Gasteiger partial charge < -0.3 is 10.3 Å². The SMILES string of the molecule is CC(C)NC1CCCc2c1[nH]c1ccccc21. The van der Waals surface area contributed by atoms with E-state index >= 15 is 0 Å². The molecule has 17 heavy (non-hydrogen) atoms. The van der Waals surface area contributed by atoms with Crippen molar-refractivity contribution >= 4 is 10.9 Å². The molecule has 1 aliphatic rings. The largest absolute Gasteiger partial charge is 0.357 e. The lowest BCUT2D eigenvalue weighted by molar-refractivity contribution is 0.417. The molecule has 0 saturated carbocycles. The Bertz CT molecular complexity index is 525. The molecule has 2 N–H and O–H groups in total. The van der Waals surface area contributed by atoms with E-state index in [1.54, 1.807) is 0 Å². The van der Waals surface area contributed by atoms with Crippen molar-refractivity contribution in [3.8, 4) is 0 Å². The van der Waals surface area contributed by atoms with Crippen molar-refractivity contribution in [1.82, 2.24) is 10.3 Å². The highest BCUT2D eigenvalue weighted by atomic mass is 15.0. The maximum atomic E-state index is 3.67. The molecule has 1 heterocycles. The molecule has 2 heteroatoms. The minimum absolute atomic E-state index is 0.506. The quantitative estimate of drug-likeness (QED) is 0.808. The smallest absolute Gasteiger partial charge is 0.0478 e. The summed E-state index contributed by atoms with van der Waals surface area (Å²) in [5.41, 5.74) is 4.24. The Labute approximate surface area is 102 Å². The van der Waals surface area contributed by atoms with Gasteiger partial charge in [-0.3, -0.25) is 0 Å². The molecule has 0 saturated heterocycles. The minimum atomic E-state index is 0.506. The lowest BCUT2D eigenvalue weighted by atomic mass is 9.91. The molecule has 0 fully saturated rings. The van der Waals surface area contributed by atoms with Gasteiger partial charge in [0.1, 0.15) is 0 Å². The molecule has 90 valence electrons. The first-order valence-corrected chi connectivity index (χ1v) is 6.61. The molecule has 1 unspecified atom stereocenters. The zero-order valence-electron chi connectivity index (χ0n) is 10.6. The number of aromatic amines is 1. The molecule has 1 aromatic heterocycles. The highest BCUT2D eigenvalue weighted by Crippen LogP contribution is 2.34. The molecular weight excluding hydrogens is 208 g/mol. The topological polar surface area (TPSA) is 27.8 Å². The zero-order valence-corrected chi connectivity index (χ0v) is 10.6. The summed E-state index contributed by atoms with van der Waals surface area (Å²) in [6, 6.07) is 9.71. The Kier molecular flexibility index (Phi) is 2.67. The van der Waals surface area contributed by atoms with Crippen LogP contribution in [0.3, 0.4) is 0 Å². The van der Waals surface area contributed by atoms with Crippen LogP contribution < -0.4 is 5.32 Å². The van der Waals surface area contributed by atoms with Gasteiger partial charge in [0.2, 0.25) is 0 Å². The van der Waals surface area contributed by atoms with Gasteiger partial charge >= 0.3 is 0 Å². The molecule has 1 atom stereocenters. The van der Waals surface area contributed by atoms with Crippen LogP contribution in [-0.4, -0.2) is 11.0 Å². The molecule has 0 aliphatic heterocycles. The second kappa shape index (κ2) is 4.19. The third kappa shape index (κ3) is 1.87. The summed E-state index contributed by atoms with van der Waals surface area (Å²) in [6.45, 7) is 4.44. The summed E-state index contributed by atoms with van der Waals surface area (Å²) >= 11 is 0. The molecule has 0 bridgehead atoms. The van der Waals surface area contributed by atoms with Crippen LogP contribution in [0.2, 0.25) is 0 Å². The van der Waals surface area contributed by atoms with Gasteiger partial charge in [-0.25, -0.2) is 0 Å². The zero-order chi connectivity index (χ0) is 11.8. The van der Waals surface area contributed by atoms with Crippen LogP contribution in [0.5, 0.6) is 0 Å². The predicted octanol–water partition coefficient (Wildman–Crippen LogP) is 3.54. The highest BCUT2D eigenvalue weighted by Gasteiger charge is 2.24. The number of H-pyrrole nitrogens is 1. The van der Waals surface area contributed by atoms with Crippen molar-refractivity contribution in [2.45, 2.75) is 45.2 Å². The van der Waals surface area contributed by atoms with E-state index in [1.807, 2.05) is 0 Å². The maximum Gasteiger partial charge on any atom is 0.0478 e. The number of hydrogen-bond donors (Lipinski definition) is 2. The average molecular weight is 228 g/mol. The molecule has 0 amide bonds. The van der Waals surface area contributed by atoms with E-state index in [4.69, 9.17) is 0 Å². The van der Waals surface area contributed by atoms with E-state index < -0.39 is 0 Å². The standard InChI is InChI=1S/C15H20N2/c1-10(2)16-14-9-5-7-12-11-6-3-4-8-13(11)17-15(12)14/h3-4,6,8,10,14,16-17H,5,7,9H2,1-2H3. The van der Waals surface area contributed by atoms with E-state index in [-0.39, 0.29) is 0 Å². The van der Waals surface area contributed by atoms with Gasteiger partial charge in [0, 0.05) is 28.7 Å². The monoisotopic (exact) mass is 228 g/mol. The fourth-order valence-electron chi connectivity index (χ4n) is 2.98. The van der Waals surface area contributed by atoms with Gasteiger partial charge in [-0.1, -0.05) is 32.0 Å². The van der Waals surface area contributed by atoms with Crippen molar-refractivity contribution in [3.05, 3.63) is 35.5 Å². The molecular formula is C15H20N2. The molecule has 2 nitrogen and oxygen atoms in total. The fraction of sp³-hybridized carbons (Fsp3) is 0.467. The van der Waals surface area contributed by atoms with E-state index in [9.17, 15) is 0 Å². The number of benzene rings is 1. The summed E-state index contributed by atoms with van der Waals surface area (Å²) in [4.78, 5) is 3.61. The molecule has 1 aliphatic carbocycles. The van der Waals surface area contributed by atoms with Gasteiger partial charge in [0.15, 0.2) is 0 Å². The Hall–Kier alpha value is -1.28. The van der Waals surface area contributed by atoms with Crippen molar-refractivity contribution < 1.29 is 0 Å². The van der Waals surface area contributed by atoms with E-state index in [1.165, 1.54) is 41.4 Å². The predicted molar refractivity (Wildman–Crippen MR) is 72.2 cm³/mol. The Morgan fingerprint density at radius 3 is 2.94 bits per heavy atom. The first-order chi connectivity index (χ1) is 8.25. The summed E-state index contributed by atoms with van der Waals surface area (Å²) < 4.78 is 0. The van der Waals surface area contributed by atoms with Crippen molar-refractivity contribution in [3.63, 3.8) is 0 Å².